The quantitative estimate of drug-likeness (QED) is 0.604. The molecule has 30 heavy (non-hydrogen) atoms. The molecule has 0 amide bonds. The van der Waals surface area contributed by atoms with Crippen LogP contribution in [0.4, 0.5) is 23.7 Å². The molecule has 5 rings (SSSR count). The number of piperazine rings is 1. The van der Waals surface area contributed by atoms with Gasteiger partial charge in [-0.05, 0) is 32.7 Å². The van der Waals surface area contributed by atoms with Gasteiger partial charge in [-0.25, -0.2) is 18.0 Å². The van der Waals surface area contributed by atoms with Crippen LogP contribution in [0.1, 0.15) is 31.7 Å². The summed E-state index contributed by atoms with van der Waals surface area (Å²) in [5.74, 6) is -4.59. The molecule has 2 saturated heterocycles. The van der Waals surface area contributed by atoms with Crippen molar-refractivity contribution in [3.05, 3.63) is 33.9 Å². The Hall–Kier alpha value is -2.75. The van der Waals surface area contributed by atoms with E-state index < -0.39 is 45.9 Å². The third-order valence-electron chi connectivity index (χ3n) is 6.54. The molecule has 10 heteroatoms. The molecule has 1 aliphatic carbocycles. The average Bonchev–Trinajstić information content (AvgIpc) is 3.50. The molecule has 1 aromatic heterocycles. The second kappa shape index (κ2) is 6.63. The lowest BCUT2D eigenvalue weighted by molar-refractivity contribution is 0.143. The fourth-order valence-corrected chi connectivity index (χ4v) is 4.84. The van der Waals surface area contributed by atoms with Gasteiger partial charge < -0.3 is 19.3 Å². The number of benzene rings is 1. The van der Waals surface area contributed by atoms with Crippen LogP contribution in [0.5, 0.6) is 5.75 Å². The molecule has 1 N–H and O–H groups in total. The van der Waals surface area contributed by atoms with E-state index in [1.807, 2.05) is 7.05 Å². The van der Waals surface area contributed by atoms with Crippen molar-refractivity contribution >= 4 is 22.7 Å². The molecule has 1 aromatic carbocycles. The van der Waals surface area contributed by atoms with Crippen molar-refractivity contribution < 1.29 is 27.8 Å². The Morgan fingerprint density at radius 3 is 2.20 bits per heavy atom. The van der Waals surface area contributed by atoms with Gasteiger partial charge in [0.1, 0.15) is 5.69 Å². The molecule has 3 aliphatic rings. The molecular formula is C20H20F3N3O4. The number of ether oxygens (including phenoxy) is 1. The van der Waals surface area contributed by atoms with Gasteiger partial charge in [-0.2, -0.15) is 0 Å². The van der Waals surface area contributed by atoms with E-state index in [1.54, 1.807) is 0 Å². The van der Waals surface area contributed by atoms with Crippen LogP contribution in [0.2, 0.25) is 0 Å². The Labute approximate surface area is 169 Å². The highest BCUT2D eigenvalue weighted by molar-refractivity contribution is 5.86. The molecule has 0 spiro atoms. The summed E-state index contributed by atoms with van der Waals surface area (Å²) >= 11 is 0. The van der Waals surface area contributed by atoms with Gasteiger partial charge in [0.25, 0.3) is 0 Å². The number of halogens is 3. The maximum atomic E-state index is 15.7. The Bertz CT molecular complexity index is 1120. The Morgan fingerprint density at radius 1 is 1.03 bits per heavy atom. The van der Waals surface area contributed by atoms with Crippen LogP contribution >= 0.6 is 0 Å². The summed E-state index contributed by atoms with van der Waals surface area (Å²) < 4.78 is 51.7. The maximum Gasteiger partial charge on any atom is 0.511 e. The van der Waals surface area contributed by atoms with Gasteiger partial charge in [-0.1, -0.05) is 0 Å². The first-order valence-corrected chi connectivity index (χ1v) is 9.90. The van der Waals surface area contributed by atoms with Crippen molar-refractivity contribution in [2.24, 2.45) is 0 Å². The van der Waals surface area contributed by atoms with Gasteiger partial charge in [-0.3, -0.25) is 9.69 Å². The van der Waals surface area contributed by atoms with Crippen molar-refractivity contribution in [1.82, 2.24) is 9.47 Å². The number of carbonyl (C=O) groups is 1. The van der Waals surface area contributed by atoms with Gasteiger partial charge in [0, 0.05) is 31.2 Å². The lowest BCUT2D eigenvalue weighted by atomic mass is 10.1. The molecule has 7 nitrogen and oxygen atoms in total. The molecule has 1 saturated carbocycles. The SMILES string of the molecule is CN1C2CCC1CN(c1c(F)c(F)c3c(=O)c(OC(=O)O)cn(C4CC4)c3c1F)C2. The second-order valence-corrected chi connectivity index (χ2v) is 8.30. The molecule has 2 aromatic rings. The molecule has 0 radical (unpaired) electrons. The highest BCUT2D eigenvalue weighted by Gasteiger charge is 2.41. The summed E-state index contributed by atoms with van der Waals surface area (Å²) in [6.45, 7) is 0.722. The minimum Gasteiger partial charge on any atom is -0.449 e. The molecule has 2 aliphatic heterocycles. The van der Waals surface area contributed by atoms with E-state index in [0.717, 1.165) is 19.0 Å². The van der Waals surface area contributed by atoms with Crippen molar-refractivity contribution in [3.63, 3.8) is 0 Å². The highest BCUT2D eigenvalue weighted by atomic mass is 19.2. The van der Waals surface area contributed by atoms with Crippen molar-refractivity contribution in [2.45, 2.75) is 43.8 Å². The maximum absolute atomic E-state index is 15.7. The van der Waals surface area contributed by atoms with E-state index in [2.05, 4.69) is 9.64 Å². The van der Waals surface area contributed by atoms with Crippen LogP contribution in [-0.2, 0) is 0 Å². The number of likely N-dealkylation sites (N-methyl/N-ethyl adjacent to an activating group) is 1. The minimum atomic E-state index is -1.76. The lowest BCUT2D eigenvalue weighted by Crippen LogP contribution is -2.52. The molecule has 2 atom stereocenters. The number of aromatic nitrogens is 1. The summed E-state index contributed by atoms with van der Waals surface area (Å²) in [7, 11) is 1.97. The monoisotopic (exact) mass is 423 g/mol. The Kier molecular flexibility index (Phi) is 4.25. The zero-order chi connectivity index (χ0) is 21.3. The van der Waals surface area contributed by atoms with E-state index >= 15 is 13.2 Å². The predicted octanol–water partition coefficient (Wildman–Crippen LogP) is 3.09. The number of nitrogens with zero attached hydrogens (tertiary/aromatic N) is 3. The number of fused-ring (bicyclic) bond motifs is 3. The van der Waals surface area contributed by atoms with E-state index in [0.29, 0.717) is 25.9 Å². The Balaban J connectivity index is 1.74. The highest BCUT2D eigenvalue weighted by Crippen LogP contribution is 2.42. The summed E-state index contributed by atoms with van der Waals surface area (Å²) in [4.78, 5) is 27.2. The van der Waals surface area contributed by atoms with Gasteiger partial charge in [0.2, 0.25) is 5.43 Å². The number of hydrogen-bond acceptors (Lipinski definition) is 5. The fraction of sp³-hybridized carbons (Fsp3) is 0.500. The lowest BCUT2D eigenvalue weighted by Gasteiger charge is -2.40. The van der Waals surface area contributed by atoms with Gasteiger partial charge in [-0.15, -0.1) is 0 Å². The van der Waals surface area contributed by atoms with Gasteiger partial charge in [0.05, 0.1) is 17.1 Å². The number of carboxylic acid groups (broad SMARTS) is 1. The molecule has 3 heterocycles. The summed E-state index contributed by atoms with van der Waals surface area (Å²) in [5.41, 5.74) is -2.00. The van der Waals surface area contributed by atoms with Crippen LogP contribution in [0.25, 0.3) is 10.9 Å². The van der Waals surface area contributed by atoms with E-state index in [4.69, 9.17) is 5.11 Å². The van der Waals surface area contributed by atoms with Crippen molar-refractivity contribution in [2.75, 3.05) is 25.0 Å². The predicted molar refractivity (Wildman–Crippen MR) is 102 cm³/mol. The third-order valence-corrected chi connectivity index (χ3v) is 6.54. The molecule has 160 valence electrons. The summed E-state index contributed by atoms with van der Waals surface area (Å²) in [6.07, 6.45) is 2.42. The molecule has 3 fully saturated rings. The zero-order valence-corrected chi connectivity index (χ0v) is 16.2. The average molecular weight is 423 g/mol. The first-order valence-electron chi connectivity index (χ1n) is 9.90. The van der Waals surface area contributed by atoms with Gasteiger partial charge in [0.15, 0.2) is 23.2 Å². The molecule has 2 unspecified atom stereocenters. The molecule has 2 bridgehead atoms. The topological polar surface area (TPSA) is 75.0 Å². The van der Waals surface area contributed by atoms with Crippen LogP contribution in [-0.4, -0.2) is 52.9 Å². The number of pyridine rings is 1. The minimum absolute atomic E-state index is 0.123. The number of hydrogen-bond donors (Lipinski definition) is 1. The summed E-state index contributed by atoms with van der Waals surface area (Å²) in [5, 5.41) is 8.03. The van der Waals surface area contributed by atoms with Crippen molar-refractivity contribution in [3.8, 4) is 5.75 Å². The number of rotatable bonds is 3. The van der Waals surface area contributed by atoms with Crippen LogP contribution in [0, 0.1) is 17.5 Å². The van der Waals surface area contributed by atoms with E-state index in [-0.39, 0.29) is 23.6 Å². The fourth-order valence-electron chi connectivity index (χ4n) is 4.84. The van der Waals surface area contributed by atoms with Crippen LogP contribution in [0.15, 0.2) is 11.0 Å². The number of anilines is 1. The summed E-state index contributed by atoms with van der Waals surface area (Å²) in [6, 6.07) is 0.0108. The van der Waals surface area contributed by atoms with E-state index in [9.17, 15) is 9.59 Å². The van der Waals surface area contributed by atoms with Gasteiger partial charge >= 0.3 is 6.16 Å². The Morgan fingerprint density at radius 2 is 1.63 bits per heavy atom. The normalized spacial score (nSPS) is 23.9. The largest absolute Gasteiger partial charge is 0.511 e. The smallest absolute Gasteiger partial charge is 0.449 e. The van der Waals surface area contributed by atoms with Crippen LogP contribution in [0.3, 0.4) is 0 Å². The van der Waals surface area contributed by atoms with E-state index in [1.165, 1.54) is 9.47 Å². The van der Waals surface area contributed by atoms with Crippen LogP contribution < -0.4 is 15.1 Å². The standard InChI is InChI=1S/C20H20F3N3O4/c1-24-10-4-5-11(24)7-25(6-10)18-15(22)14(21)13-17(16(18)23)26(9-2-3-9)8-12(19(13)27)30-20(28)29/h8-11H,2-7H2,1H3,(H,28,29). The van der Waals surface area contributed by atoms with Crippen molar-refractivity contribution in [1.29, 1.82) is 0 Å². The third kappa shape index (κ3) is 2.77. The first-order chi connectivity index (χ1) is 14.3. The first kappa shape index (κ1) is 19.2. The molecular weight excluding hydrogens is 403 g/mol. The zero-order valence-electron chi connectivity index (χ0n) is 16.2. The second-order valence-electron chi connectivity index (χ2n) is 8.30.